The van der Waals surface area contributed by atoms with Gasteiger partial charge in [0.05, 0.1) is 24.4 Å². The summed E-state index contributed by atoms with van der Waals surface area (Å²) in [6.45, 7) is 5.29. The first-order chi connectivity index (χ1) is 9.17. The first kappa shape index (κ1) is 14.9. The highest BCUT2D eigenvalue weighted by atomic mass is 79.9. The van der Waals surface area contributed by atoms with Crippen molar-refractivity contribution in [3.63, 3.8) is 0 Å². The molecule has 0 bridgehead atoms. The number of nitrogens with zero attached hydrogens (tertiary/aromatic N) is 3. The van der Waals surface area contributed by atoms with E-state index in [9.17, 15) is 4.79 Å². The highest BCUT2D eigenvalue weighted by molar-refractivity contribution is 9.09. The number of alkyl halides is 1. The third kappa shape index (κ3) is 3.32. The molecule has 0 radical (unpaired) electrons. The van der Waals surface area contributed by atoms with Crippen molar-refractivity contribution in [2.24, 2.45) is 0 Å². The van der Waals surface area contributed by atoms with Crippen LogP contribution in [-0.2, 0) is 11.2 Å². The van der Waals surface area contributed by atoms with Gasteiger partial charge in [0, 0.05) is 11.9 Å². The van der Waals surface area contributed by atoms with Crippen molar-refractivity contribution < 1.29 is 9.53 Å². The van der Waals surface area contributed by atoms with Crippen LogP contribution >= 0.6 is 27.5 Å². The molecule has 1 aliphatic heterocycles. The molecule has 1 fully saturated rings. The van der Waals surface area contributed by atoms with Crippen LogP contribution in [0.3, 0.4) is 0 Å². The second-order valence-corrected chi connectivity index (χ2v) is 6.12. The summed E-state index contributed by atoms with van der Waals surface area (Å²) < 4.78 is 9.57. The molecular formula is C12H18BrN3O2S. The average molecular weight is 348 g/mol. The summed E-state index contributed by atoms with van der Waals surface area (Å²) in [6, 6.07) is 0.0966. The van der Waals surface area contributed by atoms with Crippen molar-refractivity contribution >= 4 is 33.4 Å². The first-order valence-corrected chi connectivity index (χ1v) is 8.36. The van der Waals surface area contributed by atoms with Gasteiger partial charge in [-0.1, -0.05) is 33.8 Å². The molecule has 0 spiro atoms. The van der Waals surface area contributed by atoms with E-state index in [0.29, 0.717) is 18.0 Å². The number of aromatic nitrogens is 2. The summed E-state index contributed by atoms with van der Waals surface area (Å²) >= 11 is 4.61. The number of morpholine rings is 1. The molecule has 0 N–H and O–H groups in total. The lowest BCUT2D eigenvalue weighted by Gasteiger charge is -2.37. The van der Waals surface area contributed by atoms with Gasteiger partial charge in [0.15, 0.2) is 0 Å². The van der Waals surface area contributed by atoms with Gasteiger partial charge >= 0.3 is 0 Å². The molecule has 5 nitrogen and oxygen atoms in total. The van der Waals surface area contributed by atoms with Crippen molar-refractivity contribution in [2.75, 3.05) is 18.5 Å². The van der Waals surface area contributed by atoms with Gasteiger partial charge in [0.2, 0.25) is 0 Å². The van der Waals surface area contributed by atoms with E-state index in [0.717, 1.165) is 23.9 Å². The van der Waals surface area contributed by atoms with E-state index in [1.807, 2.05) is 11.8 Å². The largest absolute Gasteiger partial charge is 0.373 e. The number of amides is 1. The minimum absolute atomic E-state index is 0.0419. The minimum Gasteiger partial charge on any atom is -0.373 e. The van der Waals surface area contributed by atoms with Crippen LogP contribution < -0.4 is 0 Å². The molecule has 2 unspecified atom stereocenters. The predicted octanol–water partition coefficient (Wildman–Crippen LogP) is 2.12. The fraction of sp³-hybridized carbons (Fsp3) is 0.750. The topological polar surface area (TPSA) is 55.3 Å². The Kier molecular flexibility index (Phi) is 5.29. The molecule has 1 aromatic heterocycles. The molecule has 7 heteroatoms. The summed E-state index contributed by atoms with van der Waals surface area (Å²) in [7, 11) is 0. The van der Waals surface area contributed by atoms with Crippen molar-refractivity contribution in [2.45, 2.75) is 38.8 Å². The first-order valence-electron chi connectivity index (χ1n) is 6.47. The van der Waals surface area contributed by atoms with Crippen molar-refractivity contribution in [1.29, 1.82) is 0 Å². The lowest BCUT2D eigenvalue weighted by atomic mass is 10.1. The Balaban J connectivity index is 2.15. The van der Waals surface area contributed by atoms with Crippen molar-refractivity contribution in [3.8, 4) is 0 Å². The van der Waals surface area contributed by atoms with Crippen LogP contribution in [-0.4, -0.2) is 51.0 Å². The molecule has 2 rings (SSSR count). The maximum absolute atomic E-state index is 12.6. The van der Waals surface area contributed by atoms with Crippen LogP contribution in [0.1, 0.15) is 35.6 Å². The zero-order valence-electron chi connectivity index (χ0n) is 11.1. The number of hydrogen-bond donors (Lipinski definition) is 0. The number of carbonyl (C=O) groups excluding carboxylic acids is 1. The Morgan fingerprint density at radius 2 is 2.42 bits per heavy atom. The standard InChI is InChI=1S/C12H18BrN3O2S/c1-3-4-10-11(19-15-14-10)12(17)16-6-9(5-13)18-7-8(16)2/h8-9H,3-7H2,1-2H3. The Morgan fingerprint density at radius 3 is 3.11 bits per heavy atom. The van der Waals surface area contributed by atoms with Gasteiger partial charge in [0.25, 0.3) is 5.91 Å². The van der Waals surface area contributed by atoms with E-state index in [2.05, 4.69) is 32.4 Å². The summed E-state index contributed by atoms with van der Waals surface area (Å²) in [5.41, 5.74) is 0.826. The summed E-state index contributed by atoms with van der Waals surface area (Å²) in [5.74, 6) is 0.0419. The predicted molar refractivity (Wildman–Crippen MR) is 77.9 cm³/mol. The van der Waals surface area contributed by atoms with Gasteiger partial charge in [-0.15, -0.1) is 5.10 Å². The molecule has 0 aromatic carbocycles. The second-order valence-electron chi connectivity index (χ2n) is 4.71. The summed E-state index contributed by atoms with van der Waals surface area (Å²) in [6.07, 6.45) is 1.84. The fourth-order valence-electron chi connectivity index (χ4n) is 2.10. The van der Waals surface area contributed by atoms with Gasteiger partial charge in [-0.25, -0.2) is 0 Å². The number of halogens is 1. The van der Waals surface area contributed by atoms with Crippen LogP contribution in [0.15, 0.2) is 0 Å². The minimum atomic E-state index is 0.0419. The Bertz CT molecular complexity index is 440. The SMILES string of the molecule is CCCc1nnsc1C(=O)N1CC(CBr)OCC1C. The number of carbonyl (C=O) groups is 1. The Morgan fingerprint density at radius 1 is 1.63 bits per heavy atom. The van der Waals surface area contributed by atoms with E-state index in [1.165, 1.54) is 11.5 Å². The molecule has 0 saturated carbocycles. The molecular weight excluding hydrogens is 330 g/mol. The highest BCUT2D eigenvalue weighted by Gasteiger charge is 2.31. The van der Waals surface area contributed by atoms with Crippen molar-refractivity contribution in [3.05, 3.63) is 10.6 Å². The normalized spacial score (nSPS) is 23.6. The highest BCUT2D eigenvalue weighted by Crippen LogP contribution is 2.20. The maximum Gasteiger partial charge on any atom is 0.267 e. The van der Waals surface area contributed by atoms with Crippen LogP contribution in [0.25, 0.3) is 0 Å². The lowest BCUT2D eigenvalue weighted by molar-refractivity contribution is -0.0360. The molecule has 2 atom stereocenters. The van der Waals surface area contributed by atoms with Gasteiger partial charge in [-0.2, -0.15) is 0 Å². The molecule has 2 heterocycles. The number of aryl methyl sites for hydroxylation is 1. The zero-order valence-corrected chi connectivity index (χ0v) is 13.5. The smallest absolute Gasteiger partial charge is 0.267 e. The molecule has 1 aromatic rings. The van der Waals surface area contributed by atoms with Gasteiger partial charge < -0.3 is 9.64 Å². The van der Waals surface area contributed by atoms with Crippen LogP contribution in [0.2, 0.25) is 0 Å². The lowest BCUT2D eigenvalue weighted by Crippen LogP contribution is -2.51. The molecule has 1 aliphatic rings. The second kappa shape index (κ2) is 6.76. The van der Waals surface area contributed by atoms with E-state index in [4.69, 9.17) is 4.74 Å². The quantitative estimate of drug-likeness (QED) is 0.782. The van der Waals surface area contributed by atoms with E-state index < -0.39 is 0 Å². The number of ether oxygens (including phenoxy) is 1. The zero-order chi connectivity index (χ0) is 13.8. The van der Waals surface area contributed by atoms with Crippen LogP contribution in [0.5, 0.6) is 0 Å². The molecule has 0 aliphatic carbocycles. The number of rotatable bonds is 4. The van der Waals surface area contributed by atoms with Crippen molar-refractivity contribution in [1.82, 2.24) is 14.5 Å². The molecule has 1 amide bonds. The van der Waals surface area contributed by atoms with Crippen LogP contribution in [0, 0.1) is 0 Å². The van der Waals surface area contributed by atoms with Gasteiger partial charge in [-0.3, -0.25) is 4.79 Å². The van der Waals surface area contributed by atoms with Gasteiger partial charge in [-0.05, 0) is 24.9 Å². The Hall–Kier alpha value is -0.530. The van der Waals surface area contributed by atoms with E-state index in [-0.39, 0.29) is 18.1 Å². The maximum atomic E-state index is 12.6. The van der Waals surface area contributed by atoms with Crippen LogP contribution in [0.4, 0.5) is 0 Å². The summed E-state index contributed by atoms with van der Waals surface area (Å²) in [4.78, 5) is 15.2. The monoisotopic (exact) mass is 347 g/mol. The van der Waals surface area contributed by atoms with Gasteiger partial charge in [0.1, 0.15) is 4.88 Å². The third-order valence-corrected chi connectivity index (χ3v) is 4.65. The summed E-state index contributed by atoms with van der Waals surface area (Å²) in [5, 5.41) is 4.81. The molecule has 19 heavy (non-hydrogen) atoms. The fourth-order valence-corrected chi connectivity index (χ4v) is 3.15. The van der Waals surface area contributed by atoms with E-state index in [1.54, 1.807) is 0 Å². The molecule has 106 valence electrons. The Labute approximate surface area is 125 Å². The number of hydrogen-bond acceptors (Lipinski definition) is 5. The third-order valence-electron chi connectivity index (χ3n) is 3.18. The molecule has 1 saturated heterocycles. The average Bonchev–Trinajstić information content (AvgIpc) is 2.87. The van der Waals surface area contributed by atoms with E-state index >= 15 is 0 Å².